The maximum atomic E-state index is 11.7. The smallest absolute Gasteiger partial charge is 0.337 e. The molecule has 1 aromatic heterocycles. The Bertz CT molecular complexity index is 592. The molecule has 0 aliphatic rings. The number of nitrogens with zero attached hydrogens (tertiary/aromatic N) is 1. The number of hydrogen-bond donors (Lipinski definition) is 3. The number of carboxylic acids is 1. The first-order chi connectivity index (χ1) is 8.58. The van der Waals surface area contributed by atoms with E-state index in [0.29, 0.717) is 5.69 Å². The Balaban J connectivity index is 2.31. The SMILES string of the molecule is Nc1ccc(C(=O)O)c(NC(=O)c2ccon2)c1. The summed E-state index contributed by atoms with van der Waals surface area (Å²) in [4.78, 5) is 22.7. The molecule has 1 heterocycles. The second kappa shape index (κ2) is 4.58. The Morgan fingerprint density at radius 2 is 2.11 bits per heavy atom. The molecule has 0 aliphatic heterocycles. The highest BCUT2D eigenvalue weighted by Gasteiger charge is 2.15. The zero-order chi connectivity index (χ0) is 13.1. The van der Waals surface area contributed by atoms with Crippen molar-refractivity contribution in [1.29, 1.82) is 0 Å². The van der Waals surface area contributed by atoms with Gasteiger partial charge in [-0.1, -0.05) is 5.16 Å². The fraction of sp³-hybridized carbons (Fsp3) is 0. The van der Waals surface area contributed by atoms with E-state index in [1.54, 1.807) is 0 Å². The summed E-state index contributed by atoms with van der Waals surface area (Å²) in [6, 6.07) is 5.48. The number of hydrogen-bond acceptors (Lipinski definition) is 5. The van der Waals surface area contributed by atoms with Gasteiger partial charge in [-0.05, 0) is 18.2 Å². The molecule has 0 radical (unpaired) electrons. The fourth-order valence-corrected chi connectivity index (χ4v) is 1.37. The molecule has 0 spiro atoms. The molecule has 0 fully saturated rings. The van der Waals surface area contributed by atoms with E-state index in [4.69, 9.17) is 10.8 Å². The van der Waals surface area contributed by atoms with Gasteiger partial charge in [-0.3, -0.25) is 4.79 Å². The minimum absolute atomic E-state index is 0.0498. The van der Waals surface area contributed by atoms with E-state index in [9.17, 15) is 9.59 Å². The summed E-state index contributed by atoms with van der Waals surface area (Å²) >= 11 is 0. The second-order valence-electron chi connectivity index (χ2n) is 3.45. The fourth-order valence-electron chi connectivity index (χ4n) is 1.37. The largest absolute Gasteiger partial charge is 0.478 e. The van der Waals surface area contributed by atoms with Crippen molar-refractivity contribution in [2.24, 2.45) is 0 Å². The molecule has 18 heavy (non-hydrogen) atoms. The van der Waals surface area contributed by atoms with Crippen molar-refractivity contribution in [2.45, 2.75) is 0 Å². The minimum atomic E-state index is -1.16. The van der Waals surface area contributed by atoms with Crippen LogP contribution in [-0.4, -0.2) is 22.1 Å². The van der Waals surface area contributed by atoms with Crippen molar-refractivity contribution in [2.75, 3.05) is 11.1 Å². The topological polar surface area (TPSA) is 118 Å². The predicted octanol–water partition coefficient (Wildman–Crippen LogP) is 1.21. The molecule has 4 N–H and O–H groups in total. The van der Waals surface area contributed by atoms with Gasteiger partial charge in [0.15, 0.2) is 5.69 Å². The average molecular weight is 247 g/mol. The van der Waals surface area contributed by atoms with E-state index < -0.39 is 11.9 Å². The van der Waals surface area contributed by atoms with Gasteiger partial charge in [0.25, 0.3) is 5.91 Å². The number of nitrogens with two attached hydrogens (primary N) is 1. The molecular weight excluding hydrogens is 238 g/mol. The molecule has 2 rings (SSSR count). The Hall–Kier alpha value is -2.83. The molecule has 0 aliphatic carbocycles. The Labute approximate surface area is 101 Å². The number of benzene rings is 1. The first kappa shape index (κ1) is 11.6. The lowest BCUT2D eigenvalue weighted by Crippen LogP contribution is -2.15. The molecule has 2 aromatic rings. The maximum Gasteiger partial charge on any atom is 0.337 e. The van der Waals surface area contributed by atoms with Gasteiger partial charge in [-0.25, -0.2) is 4.79 Å². The van der Waals surface area contributed by atoms with Crippen LogP contribution < -0.4 is 11.1 Å². The highest BCUT2D eigenvalue weighted by atomic mass is 16.5. The van der Waals surface area contributed by atoms with Crippen LogP contribution in [0.2, 0.25) is 0 Å². The summed E-state index contributed by atoms with van der Waals surface area (Å²) in [6.07, 6.45) is 1.24. The van der Waals surface area contributed by atoms with Crippen LogP contribution in [-0.2, 0) is 0 Å². The third-order valence-corrected chi connectivity index (χ3v) is 2.19. The van der Waals surface area contributed by atoms with Gasteiger partial charge >= 0.3 is 5.97 Å². The van der Waals surface area contributed by atoms with Crippen molar-refractivity contribution >= 4 is 23.3 Å². The molecular formula is C11H9N3O4. The maximum absolute atomic E-state index is 11.7. The number of carbonyl (C=O) groups excluding carboxylic acids is 1. The van der Waals surface area contributed by atoms with Crippen LogP contribution >= 0.6 is 0 Å². The lowest BCUT2D eigenvalue weighted by atomic mass is 10.1. The number of carboxylic acid groups (broad SMARTS) is 1. The summed E-state index contributed by atoms with van der Waals surface area (Å²) in [5, 5.41) is 14.8. The van der Waals surface area contributed by atoms with E-state index >= 15 is 0 Å². The van der Waals surface area contributed by atoms with E-state index in [0.717, 1.165) is 0 Å². The first-order valence-corrected chi connectivity index (χ1v) is 4.92. The quantitative estimate of drug-likeness (QED) is 0.701. The lowest BCUT2D eigenvalue weighted by molar-refractivity contribution is 0.0698. The van der Waals surface area contributed by atoms with Crippen molar-refractivity contribution in [3.63, 3.8) is 0 Å². The molecule has 0 bridgehead atoms. The summed E-state index contributed by atoms with van der Waals surface area (Å²) < 4.78 is 4.52. The Morgan fingerprint density at radius 1 is 1.33 bits per heavy atom. The van der Waals surface area contributed by atoms with E-state index in [2.05, 4.69) is 15.0 Å². The number of nitrogen functional groups attached to an aromatic ring is 1. The van der Waals surface area contributed by atoms with Crippen LogP contribution in [0.15, 0.2) is 35.1 Å². The van der Waals surface area contributed by atoms with Crippen LogP contribution in [0.3, 0.4) is 0 Å². The highest BCUT2D eigenvalue weighted by molar-refractivity contribution is 6.07. The third kappa shape index (κ3) is 2.29. The van der Waals surface area contributed by atoms with Crippen molar-refractivity contribution < 1.29 is 19.2 Å². The molecule has 92 valence electrons. The number of aromatic nitrogens is 1. The third-order valence-electron chi connectivity index (χ3n) is 2.19. The van der Waals surface area contributed by atoms with Crippen molar-refractivity contribution in [1.82, 2.24) is 5.16 Å². The van der Waals surface area contributed by atoms with Crippen LogP contribution in [0.25, 0.3) is 0 Å². The van der Waals surface area contributed by atoms with Crippen LogP contribution in [0, 0.1) is 0 Å². The number of rotatable bonds is 3. The number of aromatic carboxylic acids is 1. The number of carbonyl (C=O) groups is 2. The average Bonchev–Trinajstić information content (AvgIpc) is 2.81. The Morgan fingerprint density at radius 3 is 2.72 bits per heavy atom. The molecule has 7 nitrogen and oxygen atoms in total. The van der Waals surface area contributed by atoms with Crippen molar-refractivity contribution in [3.8, 4) is 0 Å². The summed E-state index contributed by atoms with van der Waals surface area (Å²) in [5.41, 5.74) is 5.99. The molecule has 0 atom stereocenters. The number of anilines is 2. The lowest BCUT2D eigenvalue weighted by Gasteiger charge is -2.07. The van der Waals surface area contributed by atoms with E-state index in [-0.39, 0.29) is 16.9 Å². The monoisotopic (exact) mass is 247 g/mol. The molecule has 7 heteroatoms. The molecule has 1 amide bonds. The minimum Gasteiger partial charge on any atom is -0.478 e. The number of amides is 1. The van der Waals surface area contributed by atoms with Gasteiger partial charge in [0.05, 0.1) is 11.3 Å². The highest BCUT2D eigenvalue weighted by Crippen LogP contribution is 2.20. The summed E-state index contributed by atoms with van der Waals surface area (Å²) in [5.74, 6) is -1.73. The van der Waals surface area contributed by atoms with Gasteiger partial charge < -0.3 is 20.7 Å². The number of nitrogens with one attached hydrogen (secondary N) is 1. The molecule has 0 unspecified atom stereocenters. The molecule has 0 saturated carbocycles. The zero-order valence-electron chi connectivity index (χ0n) is 9.08. The Kier molecular flexibility index (Phi) is 2.96. The van der Waals surface area contributed by atoms with E-state index in [1.165, 1.54) is 30.5 Å². The van der Waals surface area contributed by atoms with Gasteiger partial charge in [-0.15, -0.1) is 0 Å². The standard InChI is InChI=1S/C11H9N3O4/c12-6-1-2-7(11(16)17)9(5-6)13-10(15)8-3-4-18-14-8/h1-5H,12H2,(H,13,15)(H,16,17). The van der Waals surface area contributed by atoms with Gasteiger partial charge in [0.1, 0.15) is 6.26 Å². The van der Waals surface area contributed by atoms with Crippen LogP contribution in [0.4, 0.5) is 11.4 Å². The molecule has 0 saturated heterocycles. The zero-order valence-corrected chi connectivity index (χ0v) is 9.08. The second-order valence-corrected chi connectivity index (χ2v) is 3.45. The van der Waals surface area contributed by atoms with Gasteiger partial charge in [0, 0.05) is 11.8 Å². The van der Waals surface area contributed by atoms with E-state index in [1.807, 2.05) is 0 Å². The summed E-state index contributed by atoms with van der Waals surface area (Å²) in [6.45, 7) is 0. The first-order valence-electron chi connectivity index (χ1n) is 4.92. The predicted molar refractivity (Wildman–Crippen MR) is 62.3 cm³/mol. The van der Waals surface area contributed by atoms with Crippen LogP contribution in [0.1, 0.15) is 20.8 Å². The molecule has 1 aromatic carbocycles. The van der Waals surface area contributed by atoms with Crippen LogP contribution in [0.5, 0.6) is 0 Å². The van der Waals surface area contributed by atoms with Crippen molar-refractivity contribution in [3.05, 3.63) is 41.8 Å². The van der Waals surface area contributed by atoms with Gasteiger partial charge in [0.2, 0.25) is 0 Å². The van der Waals surface area contributed by atoms with Gasteiger partial charge in [-0.2, -0.15) is 0 Å². The summed E-state index contributed by atoms with van der Waals surface area (Å²) in [7, 11) is 0. The normalized spacial score (nSPS) is 10.0.